The van der Waals surface area contributed by atoms with Crippen LogP contribution in [0.4, 0.5) is 0 Å². The molecule has 0 fully saturated rings. The van der Waals surface area contributed by atoms with Crippen molar-refractivity contribution in [3.8, 4) is 11.5 Å². The van der Waals surface area contributed by atoms with Crippen molar-refractivity contribution in [2.75, 3.05) is 13.2 Å². The van der Waals surface area contributed by atoms with E-state index in [4.69, 9.17) is 17.0 Å². The number of aromatic hydroxyl groups is 1. The van der Waals surface area contributed by atoms with Gasteiger partial charge in [-0.05, 0) is 42.9 Å². The van der Waals surface area contributed by atoms with Gasteiger partial charge in [0.1, 0.15) is 0 Å². The summed E-state index contributed by atoms with van der Waals surface area (Å²) < 4.78 is 5.28. The highest BCUT2D eigenvalue weighted by Gasteiger charge is 2.01. The second-order valence-corrected chi connectivity index (χ2v) is 3.94. The molecule has 0 spiro atoms. The fourth-order valence-corrected chi connectivity index (χ4v) is 1.39. The van der Waals surface area contributed by atoms with Gasteiger partial charge in [-0.25, -0.2) is 0 Å². The van der Waals surface area contributed by atoms with E-state index in [0.717, 1.165) is 5.56 Å². The molecule has 0 amide bonds. The molecule has 102 valence electrons. The average Bonchev–Trinajstić information content (AvgIpc) is 2.40. The number of phenolic OH excluding ortho intramolecular Hbond substituents is 1. The van der Waals surface area contributed by atoms with E-state index in [9.17, 15) is 5.11 Å². The quantitative estimate of drug-likeness (QED) is 0.320. The normalized spacial score (nSPS) is 10.2. The first-order valence-corrected chi connectivity index (χ1v) is 6.21. The van der Waals surface area contributed by atoms with Gasteiger partial charge in [0.25, 0.3) is 0 Å². The van der Waals surface area contributed by atoms with Gasteiger partial charge in [0.2, 0.25) is 0 Å². The fraction of sp³-hybridized carbons (Fsp3) is 0.231. The first kappa shape index (κ1) is 15.0. The third-order valence-corrected chi connectivity index (χ3v) is 2.31. The lowest BCUT2D eigenvalue weighted by Crippen LogP contribution is -2.31. The smallest absolute Gasteiger partial charge is 0.187 e. The van der Waals surface area contributed by atoms with E-state index >= 15 is 0 Å². The minimum Gasteiger partial charge on any atom is -0.504 e. The Kier molecular flexibility index (Phi) is 6.38. The topological polar surface area (TPSA) is 65.9 Å². The number of hydrogen-bond acceptors (Lipinski definition) is 4. The molecule has 0 aliphatic carbocycles. The zero-order valence-corrected chi connectivity index (χ0v) is 11.5. The van der Waals surface area contributed by atoms with E-state index < -0.39 is 0 Å². The van der Waals surface area contributed by atoms with Crippen molar-refractivity contribution in [1.82, 2.24) is 10.7 Å². The lowest BCUT2D eigenvalue weighted by molar-refractivity contribution is 0.318. The maximum Gasteiger partial charge on any atom is 0.187 e. The van der Waals surface area contributed by atoms with Gasteiger partial charge in [-0.2, -0.15) is 5.10 Å². The molecule has 0 bridgehead atoms. The van der Waals surface area contributed by atoms with E-state index in [1.54, 1.807) is 30.5 Å². The number of phenols is 1. The number of rotatable bonds is 6. The van der Waals surface area contributed by atoms with Crippen molar-refractivity contribution in [1.29, 1.82) is 0 Å². The van der Waals surface area contributed by atoms with Crippen LogP contribution >= 0.6 is 12.2 Å². The Balaban J connectivity index is 2.59. The minimum absolute atomic E-state index is 0.107. The summed E-state index contributed by atoms with van der Waals surface area (Å²) >= 11 is 4.97. The van der Waals surface area contributed by atoms with E-state index in [0.29, 0.717) is 24.0 Å². The molecule has 0 aromatic heterocycles. The van der Waals surface area contributed by atoms with Crippen molar-refractivity contribution in [3.05, 3.63) is 36.4 Å². The van der Waals surface area contributed by atoms with Crippen LogP contribution in [-0.2, 0) is 0 Å². The van der Waals surface area contributed by atoms with Gasteiger partial charge in [0.15, 0.2) is 16.6 Å². The number of ether oxygens (including phenoxy) is 1. The minimum atomic E-state index is 0.107. The van der Waals surface area contributed by atoms with Crippen LogP contribution in [0.3, 0.4) is 0 Å². The molecule has 5 nitrogen and oxygen atoms in total. The number of benzene rings is 1. The second kappa shape index (κ2) is 8.10. The van der Waals surface area contributed by atoms with Crippen LogP contribution in [0.5, 0.6) is 11.5 Å². The number of thiocarbonyl (C=S) groups is 1. The molecule has 19 heavy (non-hydrogen) atoms. The van der Waals surface area contributed by atoms with Gasteiger partial charge in [-0.1, -0.05) is 6.08 Å². The van der Waals surface area contributed by atoms with Crippen LogP contribution < -0.4 is 15.5 Å². The number of hydrazone groups is 1. The zero-order chi connectivity index (χ0) is 14.1. The summed E-state index contributed by atoms with van der Waals surface area (Å²) in [6.45, 7) is 6.49. The summed E-state index contributed by atoms with van der Waals surface area (Å²) in [5.41, 5.74) is 3.46. The van der Waals surface area contributed by atoms with Crippen molar-refractivity contribution in [3.63, 3.8) is 0 Å². The maximum absolute atomic E-state index is 9.55. The highest BCUT2D eigenvalue weighted by Crippen LogP contribution is 2.25. The van der Waals surface area contributed by atoms with Gasteiger partial charge < -0.3 is 15.2 Å². The Morgan fingerprint density at radius 2 is 2.37 bits per heavy atom. The Labute approximate surface area is 118 Å². The van der Waals surface area contributed by atoms with Crippen molar-refractivity contribution in [2.24, 2.45) is 5.10 Å². The second-order valence-electron chi connectivity index (χ2n) is 3.53. The first-order chi connectivity index (χ1) is 9.17. The lowest BCUT2D eigenvalue weighted by Gasteiger charge is -2.06. The molecule has 0 radical (unpaired) electrons. The van der Waals surface area contributed by atoms with E-state index in [1.807, 2.05) is 6.92 Å². The molecule has 0 saturated heterocycles. The predicted molar refractivity (Wildman–Crippen MR) is 80.8 cm³/mol. The Hall–Kier alpha value is -2.08. The fourth-order valence-electron chi connectivity index (χ4n) is 1.25. The van der Waals surface area contributed by atoms with Crippen LogP contribution in [0.2, 0.25) is 0 Å². The monoisotopic (exact) mass is 279 g/mol. The van der Waals surface area contributed by atoms with Crippen LogP contribution in [0.1, 0.15) is 12.5 Å². The summed E-state index contributed by atoms with van der Waals surface area (Å²) in [6, 6.07) is 4.98. The summed E-state index contributed by atoms with van der Waals surface area (Å²) in [7, 11) is 0. The molecule has 1 rings (SSSR count). The lowest BCUT2D eigenvalue weighted by atomic mass is 10.2. The molecule has 0 saturated carbocycles. The largest absolute Gasteiger partial charge is 0.504 e. The molecule has 6 heteroatoms. The molecule has 0 atom stereocenters. The van der Waals surface area contributed by atoms with Crippen molar-refractivity contribution < 1.29 is 9.84 Å². The highest BCUT2D eigenvalue weighted by molar-refractivity contribution is 7.80. The first-order valence-electron chi connectivity index (χ1n) is 5.81. The maximum atomic E-state index is 9.55. The van der Waals surface area contributed by atoms with E-state index in [2.05, 4.69) is 22.4 Å². The number of hydrogen-bond donors (Lipinski definition) is 3. The van der Waals surface area contributed by atoms with Gasteiger partial charge in [0, 0.05) is 6.54 Å². The molecule has 0 unspecified atom stereocenters. The number of nitrogens with one attached hydrogen (secondary N) is 2. The summed E-state index contributed by atoms with van der Waals surface area (Å²) in [5.74, 6) is 0.536. The van der Waals surface area contributed by atoms with Crippen LogP contribution in [0.25, 0.3) is 0 Å². The Bertz CT molecular complexity index is 475. The average molecular weight is 279 g/mol. The van der Waals surface area contributed by atoms with Gasteiger partial charge in [0.05, 0.1) is 12.8 Å². The summed E-state index contributed by atoms with van der Waals surface area (Å²) in [5, 5.41) is 16.8. The third-order valence-electron chi connectivity index (χ3n) is 2.07. The van der Waals surface area contributed by atoms with Crippen LogP contribution in [0.15, 0.2) is 36.0 Å². The predicted octanol–water partition coefficient (Wildman–Crippen LogP) is 1.77. The zero-order valence-electron chi connectivity index (χ0n) is 10.7. The highest BCUT2D eigenvalue weighted by atomic mass is 32.1. The number of nitrogens with zero attached hydrogens (tertiary/aromatic N) is 1. The van der Waals surface area contributed by atoms with Crippen LogP contribution in [-0.4, -0.2) is 29.6 Å². The standard InChI is InChI=1S/C13H17N3O2S/c1-3-7-14-13(19)16-15-9-10-5-6-11(17)12(8-10)18-4-2/h3,5-6,8-9,17H,1,4,7H2,2H3,(H2,14,16,19)/b15-9+. The van der Waals surface area contributed by atoms with E-state index in [-0.39, 0.29) is 5.75 Å². The summed E-state index contributed by atoms with van der Waals surface area (Å²) in [6.07, 6.45) is 3.29. The summed E-state index contributed by atoms with van der Waals surface area (Å²) in [4.78, 5) is 0. The SMILES string of the molecule is C=CCNC(=S)N/N=C/c1ccc(O)c(OCC)c1. The van der Waals surface area contributed by atoms with Crippen molar-refractivity contribution in [2.45, 2.75) is 6.92 Å². The molecule has 0 heterocycles. The van der Waals surface area contributed by atoms with Crippen molar-refractivity contribution >= 4 is 23.5 Å². The van der Waals surface area contributed by atoms with Crippen LogP contribution in [0, 0.1) is 0 Å². The molecule has 0 aliphatic heterocycles. The molecule has 1 aromatic carbocycles. The van der Waals surface area contributed by atoms with E-state index in [1.165, 1.54) is 0 Å². The molecule has 3 N–H and O–H groups in total. The molecule has 1 aromatic rings. The Morgan fingerprint density at radius 1 is 1.58 bits per heavy atom. The van der Waals surface area contributed by atoms with Gasteiger partial charge >= 0.3 is 0 Å². The molecular formula is C13H17N3O2S. The third kappa shape index (κ3) is 5.39. The molecular weight excluding hydrogens is 262 g/mol. The Morgan fingerprint density at radius 3 is 3.05 bits per heavy atom. The van der Waals surface area contributed by atoms with Gasteiger partial charge in [-0.3, -0.25) is 5.43 Å². The van der Waals surface area contributed by atoms with Gasteiger partial charge in [-0.15, -0.1) is 6.58 Å². The molecule has 0 aliphatic rings.